The van der Waals surface area contributed by atoms with E-state index >= 15 is 0 Å². The summed E-state index contributed by atoms with van der Waals surface area (Å²) in [5.41, 5.74) is -0.660. The number of rotatable bonds is 2. The Morgan fingerprint density at radius 1 is 1.10 bits per heavy atom. The van der Waals surface area contributed by atoms with E-state index < -0.39 is 23.7 Å². The maximum absolute atomic E-state index is 12.5. The van der Waals surface area contributed by atoms with Crippen LogP contribution in [0.3, 0.4) is 0 Å². The molecule has 1 saturated heterocycles. The molecule has 0 aliphatic carbocycles. The molecule has 3 amide bonds. The molecule has 0 bridgehead atoms. The van der Waals surface area contributed by atoms with Crippen LogP contribution in [0.1, 0.15) is 25.8 Å². The van der Waals surface area contributed by atoms with Gasteiger partial charge >= 0.3 is 12.2 Å². The fourth-order valence-electron chi connectivity index (χ4n) is 2.19. The first-order chi connectivity index (χ1) is 9.71. The van der Waals surface area contributed by atoms with Gasteiger partial charge in [-0.2, -0.15) is 13.2 Å². The maximum atomic E-state index is 12.5. The van der Waals surface area contributed by atoms with Crippen LogP contribution in [0.25, 0.3) is 0 Å². The first kappa shape index (κ1) is 15.3. The molecule has 0 radical (unpaired) electrons. The highest BCUT2D eigenvalue weighted by Crippen LogP contribution is 2.31. The molecule has 1 heterocycles. The molecule has 114 valence electrons. The molecule has 0 spiro atoms. The quantitative estimate of drug-likeness (QED) is 0.841. The Morgan fingerprint density at radius 3 is 2.14 bits per heavy atom. The third kappa shape index (κ3) is 3.01. The molecule has 0 aromatic heterocycles. The van der Waals surface area contributed by atoms with E-state index in [1.54, 1.807) is 0 Å². The third-order valence-electron chi connectivity index (χ3n) is 3.33. The van der Waals surface area contributed by atoms with Crippen LogP contribution >= 0.6 is 0 Å². The molecule has 21 heavy (non-hydrogen) atoms. The summed E-state index contributed by atoms with van der Waals surface area (Å²) in [6.45, 7) is 3.96. The highest BCUT2D eigenvalue weighted by Gasteiger charge is 2.35. The van der Waals surface area contributed by atoms with E-state index in [0.717, 1.165) is 29.2 Å². The predicted octanol–water partition coefficient (Wildman–Crippen LogP) is 3.27. The van der Waals surface area contributed by atoms with E-state index in [0.29, 0.717) is 6.54 Å². The van der Waals surface area contributed by atoms with E-state index in [1.165, 1.54) is 4.90 Å². The molecule has 0 atom stereocenters. The van der Waals surface area contributed by atoms with Crippen molar-refractivity contribution in [3.8, 4) is 0 Å². The summed E-state index contributed by atoms with van der Waals surface area (Å²) in [7, 11) is 0. The zero-order valence-corrected chi connectivity index (χ0v) is 11.6. The summed E-state index contributed by atoms with van der Waals surface area (Å²) < 4.78 is 37.6. The molecular formula is C14H15F3N2O2. The number of hydrogen-bond acceptors (Lipinski definition) is 2. The molecule has 1 fully saturated rings. The van der Waals surface area contributed by atoms with Crippen molar-refractivity contribution in [1.82, 2.24) is 4.90 Å². The fraction of sp³-hybridized carbons (Fsp3) is 0.429. The summed E-state index contributed by atoms with van der Waals surface area (Å²) in [6, 6.07) is 3.43. The van der Waals surface area contributed by atoms with E-state index in [4.69, 9.17) is 0 Å². The molecule has 0 unspecified atom stereocenters. The lowest BCUT2D eigenvalue weighted by Crippen LogP contribution is -2.54. The smallest absolute Gasteiger partial charge is 0.321 e. The van der Waals surface area contributed by atoms with Gasteiger partial charge in [-0.25, -0.2) is 9.69 Å². The van der Waals surface area contributed by atoms with Crippen LogP contribution in [0.2, 0.25) is 0 Å². The number of halogens is 3. The topological polar surface area (TPSA) is 40.6 Å². The average Bonchev–Trinajstić information content (AvgIpc) is 2.38. The molecule has 1 aromatic carbocycles. The lowest BCUT2D eigenvalue weighted by molar-refractivity contribution is -0.137. The lowest BCUT2D eigenvalue weighted by Gasteiger charge is -2.36. The van der Waals surface area contributed by atoms with Gasteiger partial charge in [0, 0.05) is 19.0 Å². The Labute approximate surface area is 120 Å². The number of imide groups is 1. The molecule has 1 aromatic rings. The van der Waals surface area contributed by atoms with Crippen molar-refractivity contribution >= 4 is 17.6 Å². The van der Waals surface area contributed by atoms with Crippen LogP contribution < -0.4 is 4.90 Å². The minimum atomic E-state index is -4.45. The number of amides is 3. The second kappa shape index (κ2) is 5.38. The van der Waals surface area contributed by atoms with Gasteiger partial charge in [-0.1, -0.05) is 0 Å². The number of benzene rings is 1. The van der Waals surface area contributed by atoms with Gasteiger partial charge in [0.2, 0.25) is 5.91 Å². The number of urea groups is 1. The first-order valence-electron chi connectivity index (χ1n) is 6.52. The summed E-state index contributed by atoms with van der Waals surface area (Å²) in [5, 5.41) is 0. The Balaban J connectivity index is 2.31. The summed E-state index contributed by atoms with van der Waals surface area (Å²) >= 11 is 0. The zero-order valence-electron chi connectivity index (χ0n) is 11.6. The first-order valence-corrected chi connectivity index (χ1v) is 6.52. The van der Waals surface area contributed by atoms with Crippen LogP contribution in [-0.4, -0.2) is 29.4 Å². The molecule has 7 heteroatoms. The Hall–Kier alpha value is -2.05. The molecule has 0 N–H and O–H groups in total. The van der Waals surface area contributed by atoms with Crippen molar-refractivity contribution < 1.29 is 22.8 Å². The van der Waals surface area contributed by atoms with Crippen molar-refractivity contribution in [1.29, 1.82) is 0 Å². The van der Waals surface area contributed by atoms with Crippen LogP contribution in [0.15, 0.2) is 24.3 Å². The number of carbonyl (C=O) groups excluding carboxylic acids is 2. The Bertz CT molecular complexity index is 552. The number of hydrogen-bond donors (Lipinski definition) is 0. The lowest BCUT2D eigenvalue weighted by atomic mass is 10.1. The second-order valence-corrected chi connectivity index (χ2v) is 5.09. The van der Waals surface area contributed by atoms with Gasteiger partial charge in [0.1, 0.15) is 0 Å². The van der Waals surface area contributed by atoms with Crippen molar-refractivity contribution in [2.24, 2.45) is 0 Å². The number of anilines is 1. The molecular weight excluding hydrogens is 285 g/mol. The normalized spacial score (nSPS) is 16.9. The molecule has 1 aliphatic rings. The van der Waals surface area contributed by atoms with Crippen LogP contribution in [0.5, 0.6) is 0 Å². The minimum Gasteiger partial charge on any atom is -0.321 e. The van der Waals surface area contributed by atoms with Gasteiger partial charge in [0.05, 0.1) is 11.3 Å². The largest absolute Gasteiger partial charge is 0.416 e. The monoisotopic (exact) mass is 300 g/mol. The highest BCUT2D eigenvalue weighted by molar-refractivity contribution is 6.15. The average molecular weight is 300 g/mol. The molecule has 2 rings (SSSR count). The molecule has 0 saturated carbocycles. The standard InChI is InChI=1S/C14H15F3N2O2/c1-9(2)18-8-7-12(20)19(13(18)21)11-5-3-10(4-6-11)14(15,16)17/h3-6,9H,7-8H2,1-2H3. The van der Waals surface area contributed by atoms with Gasteiger partial charge in [-0.15, -0.1) is 0 Å². The van der Waals surface area contributed by atoms with Gasteiger partial charge in [-0.3, -0.25) is 4.79 Å². The van der Waals surface area contributed by atoms with Crippen molar-refractivity contribution in [2.75, 3.05) is 11.4 Å². The Morgan fingerprint density at radius 2 is 1.67 bits per heavy atom. The zero-order chi connectivity index (χ0) is 15.8. The van der Waals surface area contributed by atoms with E-state index in [-0.39, 0.29) is 18.2 Å². The van der Waals surface area contributed by atoms with E-state index in [2.05, 4.69) is 0 Å². The van der Waals surface area contributed by atoms with E-state index in [9.17, 15) is 22.8 Å². The Kier molecular flexibility index (Phi) is 3.93. The third-order valence-corrected chi connectivity index (χ3v) is 3.33. The van der Waals surface area contributed by atoms with Crippen LogP contribution in [0.4, 0.5) is 23.7 Å². The fourth-order valence-corrected chi connectivity index (χ4v) is 2.19. The summed E-state index contributed by atoms with van der Waals surface area (Å²) in [5.74, 6) is -0.406. The summed E-state index contributed by atoms with van der Waals surface area (Å²) in [6.07, 6.45) is -4.29. The van der Waals surface area contributed by atoms with Crippen molar-refractivity contribution in [3.63, 3.8) is 0 Å². The molecule has 1 aliphatic heterocycles. The molecule has 4 nitrogen and oxygen atoms in total. The number of nitrogens with zero attached hydrogens (tertiary/aromatic N) is 2. The van der Waals surface area contributed by atoms with E-state index in [1.807, 2.05) is 13.8 Å². The second-order valence-electron chi connectivity index (χ2n) is 5.09. The number of alkyl halides is 3. The number of carbonyl (C=O) groups is 2. The van der Waals surface area contributed by atoms with Crippen LogP contribution in [0, 0.1) is 0 Å². The van der Waals surface area contributed by atoms with Crippen LogP contribution in [-0.2, 0) is 11.0 Å². The van der Waals surface area contributed by atoms with Crippen molar-refractivity contribution in [3.05, 3.63) is 29.8 Å². The SMILES string of the molecule is CC(C)N1CCC(=O)N(c2ccc(C(F)(F)F)cc2)C1=O. The summed E-state index contributed by atoms with van der Waals surface area (Å²) in [4.78, 5) is 26.6. The maximum Gasteiger partial charge on any atom is 0.416 e. The minimum absolute atomic E-state index is 0.0810. The van der Waals surface area contributed by atoms with Gasteiger partial charge in [-0.05, 0) is 38.1 Å². The van der Waals surface area contributed by atoms with Gasteiger partial charge in [0.25, 0.3) is 0 Å². The highest BCUT2D eigenvalue weighted by atomic mass is 19.4. The van der Waals surface area contributed by atoms with Crippen molar-refractivity contribution in [2.45, 2.75) is 32.5 Å². The van der Waals surface area contributed by atoms with Gasteiger partial charge < -0.3 is 4.90 Å². The van der Waals surface area contributed by atoms with Gasteiger partial charge in [0.15, 0.2) is 0 Å². The predicted molar refractivity (Wildman–Crippen MR) is 70.8 cm³/mol.